The molecule has 6 nitrogen and oxygen atoms in total. The van der Waals surface area contributed by atoms with E-state index in [9.17, 15) is 4.39 Å². The highest BCUT2D eigenvalue weighted by Crippen LogP contribution is 2.26. The van der Waals surface area contributed by atoms with Gasteiger partial charge >= 0.3 is 0 Å². The summed E-state index contributed by atoms with van der Waals surface area (Å²) in [6, 6.07) is 9.91. The fourth-order valence-electron chi connectivity index (χ4n) is 2.58. The summed E-state index contributed by atoms with van der Waals surface area (Å²) in [7, 11) is 0. The molecule has 0 spiro atoms. The van der Waals surface area contributed by atoms with Crippen molar-refractivity contribution in [3.8, 4) is 17.1 Å². The summed E-state index contributed by atoms with van der Waals surface area (Å²) in [6.45, 7) is 2.89. The van der Waals surface area contributed by atoms with E-state index in [1.54, 1.807) is 29.7 Å². The highest BCUT2D eigenvalue weighted by Gasteiger charge is 2.12. The number of hydrogen-bond acceptors (Lipinski definition) is 7. The smallest absolute Gasteiger partial charge is 0.245 e. The van der Waals surface area contributed by atoms with Crippen LogP contribution in [-0.4, -0.2) is 26.5 Å². The Kier molecular flexibility index (Phi) is 4.88. The third kappa shape index (κ3) is 3.85. The van der Waals surface area contributed by atoms with E-state index in [1.165, 1.54) is 12.1 Å². The van der Waals surface area contributed by atoms with Gasteiger partial charge in [-0.15, -0.1) is 11.3 Å². The summed E-state index contributed by atoms with van der Waals surface area (Å²) in [4.78, 5) is 17.8. The standard InChI is InChI=1S/C19H16FN5OS/c1-2-26-18-17-15(24-19(25-18)22-11-16-21-9-10-27-16)8-7-14(23-17)12-3-5-13(20)6-4-12/h3-10H,2,11H2,1H3,(H,22,24,25). The molecule has 0 amide bonds. The fourth-order valence-corrected chi connectivity index (χ4v) is 3.14. The lowest BCUT2D eigenvalue weighted by molar-refractivity contribution is 0.330. The van der Waals surface area contributed by atoms with Crippen LogP contribution < -0.4 is 10.1 Å². The van der Waals surface area contributed by atoms with Crippen molar-refractivity contribution < 1.29 is 9.13 Å². The van der Waals surface area contributed by atoms with Gasteiger partial charge in [-0.25, -0.2) is 19.3 Å². The van der Waals surface area contributed by atoms with Crippen LogP contribution in [-0.2, 0) is 6.54 Å². The Labute approximate surface area is 159 Å². The number of thiazole rings is 1. The van der Waals surface area contributed by atoms with Gasteiger partial charge in [0.1, 0.15) is 10.8 Å². The number of hydrogen-bond donors (Lipinski definition) is 1. The molecule has 3 heterocycles. The van der Waals surface area contributed by atoms with E-state index in [4.69, 9.17) is 4.74 Å². The second-order valence-corrected chi connectivity index (χ2v) is 6.62. The maximum absolute atomic E-state index is 13.2. The number of fused-ring (bicyclic) bond motifs is 1. The van der Waals surface area contributed by atoms with Gasteiger partial charge in [0.2, 0.25) is 11.8 Å². The molecule has 0 radical (unpaired) electrons. The average molecular weight is 381 g/mol. The summed E-state index contributed by atoms with van der Waals surface area (Å²) >= 11 is 1.56. The van der Waals surface area contributed by atoms with Crippen molar-refractivity contribution in [1.82, 2.24) is 19.9 Å². The van der Waals surface area contributed by atoms with Gasteiger partial charge in [-0.1, -0.05) is 0 Å². The second-order valence-electron chi connectivity index (χ2n) is 5.64. The van der Waals surface area contributed by atoms with E-state index in [0.717, 1.165) is 10.6 Å². The zero-order valence-electron chi connectivity index (χ0n) is 14.5. The zero-order chi connectivity index (χ0) is 18.6. The fraction of sp³-hybridized carbons (Fsp3) is 0.158. The lowest BCUT2D eigenvalue weighted by atomic mass is 10.1. The van der Waals surface area contributed by atoms with Gasteiger partial charge in [0.15, 0.2) is 5.52 Å². The predicted octanol–water partition coefficient (Wildman–Crippen LogP) is 4.30. The Hall–Kier alpha value is -3.13. The molecule has 136 valence electrons. The second kappa shape index (κ2) is 7.63. The van der Waals surface area contributed by atoms with E-state index >= 15 is 0 Å². The molecule has 0 unspecified atom stereocenters. The lowest BCUT2D eigenvalue weighted by Gasteiger charge is -2.10. The Morgan fingerprint density at radius 3 is 2.67 bits per heavy atom. The Morgan fingerprint density at radius 1 is 1.07 bits per heavy atom. The molecule has 27 heavy (non-hydrogen) atoms. The third-order valence-corrected chi connectivity index (χ3v) is 4.59. The summed E-state index contributed by atoms with van der Waals surface area (Å²) in [6.07, 6.45) is 1.76. The van der Waals surface area contributed by atoms with Gasteiger partial charge < -0.3 is 10.1 Å². The van der Waals surface area contributed by atoms with Crippen molar-refractivity contribution in [1.29, 1.82) is 0 Å². The van der Waals surface area contributed by atoms with Crippen molar-refractivity contribution >= 4 is 28.3 Å². The molecule has 0 aliphatic heterocycles. The maximum atomic E-state index is 13.2. The third-order valence-electron chi connectivity index (χ3n) is 3.81. The predicted molar refractivity (Wildman–Crippen MR) is 103 cm³/mol. The first kappa shape index (κ1) is 17.3. The minimum atomic E-state index is -0.283. The monoisotopic (exact) mass is 381 g/mol. The van der Waals surface area contributed by atoms with Crippen LogP contribution in [0.15, 0.2) is 48.0 Å². The summed E-state index contributed by atoms with van der Waals surface area (Å²) in [5.41, 5.74) is 2.75. The Balaban J connectivity index is 1.70. The Bertz CT molecular complexity index is 1050. The molecule has 0 saturated carbocycles. The molecular formula is C19H16FN5OS. The molecule has 8 heteroatoms. The van der Waals surface area contributed by atoms with Crippen LogP contribution in [0.2, 0.25) is 0 Å². The number of halogens is 1. The van der Waals surface area contributed by atoms with Crippen LogP contribution in [0.5, 0.6) is 5.88 Å². The number of benzene rings is 1. The largest absolute Gasteiger partial charge is 0.476 e. The van der Waals surface area contributed by atoms with Crippen LogP contribution in [0.25, 0.3) is 22.3 Å². The number of nitrogens with one attached hydrogen (secondary N) is 1. The van der Waals surface area contributed by atoms with Crippen molar-refractivity contribution in [3.05, 3.63) is 58.8 Å². The Morgan fingerprint density at radius 2 is 1.93 bits per heavy atom. The number of rotatable bonds is 6. The van der Waals surface area contributed by atoms with E-state index in [2.05, 4.69) is 25.3 Å². The van der Waals surface area contributed by atoms with Gasteiger partial charge in [0, 0.05) is 17.1 Å². The molecule has 4 aromatic rings. The summed E-state index contributed by atoms with van der Waals surface area (Å²) in [5, 5.41) is 6.03. The molecule has 0 atom stereocenters. The van der Waals surface area contributed by atoms with Crippen LogP contribution in [0.4, 0.5) is 10.3 Å². The molecule has 0 bridgehead atoms. The van der Waals surface area contributed by atoms with Crippen molar-refractivity contribution in [3.63, 3.8) is 0 Å². The normalized spacial score (nSPS) is 10.9. The molecule has 0 saturated heterocycles. The van der Waals surface area contributed by atoms with Crippen molar-refractivity contribution in [2.45, 2.75) is 13.5 Å². The average Bonchev–Trinajstić information content (AvgIpc) is 3.21. The highest BCUT2D eigenvalue weighted by molar-refractivity contribution is 7.09. The number of aromatic nitrogens is 4. The van der Waals surface area contributed by atoms with E-state index in [-0.39, 0.29) is 5.82 Å². The lowest BCUT2D eigenvalue weighted by Crippen LogP contribution is -2.06. The molecule has 0 aliphatic carbocycles. The molecule has 1 aromatic carbocycles. The number of nitrogens with zero attached hydrogens (tertiary/aromatic N) is 4. The van der Waals surface area contributed by atoms with Gasteiger partial charge in [-0.2, -0.15) is 4.98 Å². The minimum Gasteiger partial charge on any atom is -0.476 e. The first-order valence-corrected chi connectivity index (χ1v) is 9.30. The molecule has 0 fully saturated rings. The SMILES string of the molecule is CCOc1nc(NCc2nccs2)nc2ccc(-c3ccc(F)cc3)nc12. The van der Waals surface area contributed by atoms with Gasteiger partial charge in [0.05, 0.1) is 24.4 Å². The van der Waals surface area contributed by atoms with Gasteiger partial charge in [-0.05, 0) is 43.3 Å². The number of pyridine rings is 1. The quantitative estimate of drug-likeness (QED) is 0.537. The van der Waals surface area contributed by atoms with Gasteiger partial charge in [0.25, 0.3) is 0 Å². The van der Waals surface area contributed by atoms with Gasteiger partial charge in [-0.3, -0.25) is 0 Å². The van der Waals surface area contributed by atoms with E-state index < -0.39 is 0 Å². The number of anilines is 1. The van der Waals surface area contributed by atoms with E-state index in [1.807, 2.05) is 24.4 Å². The van der Waals surface area contributed by atoms with Crippen LogP contribution in [0.1, 0.15) is 11.9 Å². The molecule has 3 aromatic heterocycles. The number of ether oxygens (including phenoxy) is 1. The zero-order valence-corrected chi connectivity index (χ0v) is 15.3. The summed E-state index contributed by atoms with van der Waals surface area (Å²) in [5.74, 6) is 0.583. The summed E-state index contributed by atoms with van der Waals surface area (Å²) < 4.78 is 18.8. The first-order valence-electron chi connectivity index (χ1n) is 8.42. The molecular weight excluding hydrogens is 365 g/mol. The van der Waals surface area contributed by atoms with Crippen molar-refractivity contribution in [2.75, 3.05) is 11.9 Å². The van der Waals surface area contributed by atoms with Crippen LogP contribution in [0.3, 0.4) is 0 Å². The topological polar surface area (TPSA) is 72.8 Å². The van der Waals surface area contributed by atoms with Crippen molar-refractivity contribution in [2.24, 2.45) is 0 Å². The first-order chi connectivity index (χ1) is 13.2. The van der Waals surface area contributed by atoms with Crippen LogP contribution in [0, 0.1) is 5.82 Å². The minimum absolute atomic E-state index is 0.283. The molecule has 1 N–H and O–H groups in total. The maximum Gasteiger partial charge on any atom is 0.245 e. The van der Waals surface area contributed by atoms with Crippen LogP contribution >= 0.6 is 11.3 Å². The molecule has 4 rings (SSSR count). The highest BCUT2D eigenvalue weighted by atomic mass is 32.1. The molecule has 0 aliphatic rings. The van der Waals surface area contributed by atoms with E-state index in [0.29, 0.717) is 41.7 Å².